The van der Waals surface area contributed by atoms with Gasteiger partial charge < -0.3 is 10.1 Å². The highest BCUT2D eigenvalue weighted by atomic mass is 35.5. The van der Waals surface area contributed by atoms with E-state index in [-0.39, 0.29) is 11.7 Å². The van der Waals surface area contributed by atoms with Gasteiger partial charge in [0.25, 0.3) is 5.91 Å². The monoisotopic (exact) mass is 453 g/mol. The summed E-state index contributed by atoms with van der Waals surface area (Å²) in [5, 5.41) is 9.78. The molecule has 1 amide bonds. The van der Waals surface area contributed by atoms with Gasteiger partial charge in [0.2, 0.25) is 0 Å². The minimum Gasteiger partial charge on any atom is -0.484 e. The molecule has 1 aromatic heterocycles. The van der Waals surface area contributed by atoms with Crippen LogP contribution in [0.2, 0.25) is 10.0 Å². The number of thiocarbonyl (C=S) groups is 1. The van der Waals surface area contributed by atoms with Gasteiger partial charge in [0.05, 0.1) is 10.7 Å². The molecule has 0 fully saturated rings. The van der Waals surface area contributed by atoms with Gasteiger partial charge in [-0.3, -0.25) is 15.6 Å². The summed E-state index contributed by atoms with van der Waals surface area (Å²) in [6.45, 7) is -0.186. The van der Waals surface area contributed by atoms with Crippen molar-refractivity contribution < 1.29 is 9.53 Å². The summed E-state index contributed by atoms with van der Waals surface area (Å²) >= 11 is 18.3. The van der Waals surface area contributed by atoms with Crippen molar-refractivity contribution >= 4 is 63.7 Å². The Morgan fingerprint density at radius 1 is 1.14 bits per heavy atom. The molecule has 3 N–H and O–H groups in total. The molecular weight excluding hydrogens is 441 g/mol. The highest BCUT2D eigenvalue weighted by molar-refractivity contribution is 7.80. The lowest BCUT2D eigenvalue weighted by molar-refractivity contribution is -0.123. The lowest BCUT2D eigenvalue weighted by Gasteiger charge is -2.13. The number of aromatic nitrogens is 2. The van der Waals surface area contributed by atoms with Gasteiger partial charge in [-0.05, 0) is 66.2 Å². The Labute approximate surface area is 180 Å². The van der Waals surface area contributed by atoms with Crippen LogP contribution in [0.5, 0.6) is 5.75 Å². The zero-order valence-electron chi connectivity index (χ0n) is 14.1. The van der Waals surface area contributed by atoms with E-state index in [9.17, 15) is 4.79 Å². The number of hydrazine groups is 1. The lowest BCUT2D eigenvalue weighted by Crippen LogP contribution is -2.45. The van der Waals surface area contributed by atoms with Crippen LogP contribution in [0.1, 0.15) is 0 Å². The first-order chi connectivity index (χ1) is 13.5. The van der Waals surface area contributed by atoms with E-state index >= 15 is 0 Å². The zero-order chi connectivity index (χ0) is 19.9. The molecule has 144 valence electrons. The number of hydrogen-bond donors (Lipinski definition) is 3. The second kappa shape index (κ2) is 9.65. The van der Waals surface area contributed by atoms with E-state index in [1.807, 2.05) is 17.5 Å². The molecule has 0 spiro atoms. The number of nitrogens with one attached hydrogen (secondary N) is 3. The van der Waals surface area contributed by atoms with E-state index in [0.717, 1.165) is 11.3 Å². The van der Waals surface area contributed by atoms with Gasteiger partial charge >= 0.3 is 0 Å². The first kappa shape index (κ1) is 20.3. The van der Waals surface area contributed by atoms with Crippen LogP contribution >= 0.6 is 47.0 Å². The summed E-state index contributed by atoms with van der Waals surface area (Å²) in [5.41, 5.74) is 7.28. The maximum atomic E-state index is 11.9. The Bertz CT molecular complexity index is 968. The third-order valence-corrected chi connectivity index (χ3v) is 4.63. The molecule has 3 rings (SSSR count). The van der Waals surface area contributed by atoms with E-state index in [0.29, 0.717) is 21.5 Å². The molecule has 0 aliphatic rings. The van der Waals surface area contributed by atoms with Crippen molar-refractivity contribution in [1.29, 1.82) is 0 Å². The van der Waals surface area contributed by atoms with Crippen LogP contribution in [0.4, 0.5) is 5.69 Å². The Balaban J connectivity index is 1.42. The fourth-order valence-electron chi connectivity index (χ4n) is 2.07. The van der Waals surface area contributed by atoms with Gasteiger partial charge in [0, 0.05) is 16.0 Å². The number of carbonyl (C=O) groups is 1. The average molecular weight is 454 g/mol. The topological polar surface area (TPSA) is 88.2 Å². The van der Waals surface area contributed by atoms with Gasteiger partial charge in [-0.1, -0.05) is 27.7 Å². The molecule has 0 radical (unpaired) electrons. The normalized spacial score (nSPS) is 10.2. The quantitative estimate of drug-likeness (QED) is 0.398. The number of rotatable bonds is 5. The maximum absolute atomic E-state index is 11.9. The van der Waals surface area contributed by atoms with Crippen LogP contribution in [-0.4, -0.2) is 27.2 Å². The van der Waals surface area contributed by atoms with Gasteiger partial charge in [-0.15, -0.1) is 5.10 Å². The van der Waals surface area contributed by atoms with Gasteiger partial charge in [0.15, 0.2) is 11.7 Å². The van der Waals surface area contributed by atoms with E-state index < -0.39 is 5.91 Å². The Morgan fingerprint density at radius 3 is 2.61 bits per heavy atom. The predicted octanol–water partition coefficient (Wildman–Crippen LogP) is 3.91. The number of benzene rings is 2. The Hall–Kier alpha value is -2.46. The molecule has 2 aromatic carbocycles. The fraction of sp³-hybridized carbons (Fsp3) is 0.0588. The molecule has 28 heavy (non-hydrogen) atoms. The van der Waals surface area contributed by atoms with Crippen molar-refractivity contribution in [2.24, 2.45) is 0 Å². The lowest BCUT2D eigenvalue weighted by atomic mass is 10.2. The van der Waals surface area contributed by atoms with E-state index in [2.05, 4.69) is 25.8 Å². The molecule has 3 aromatic rings. The predicted molar refractivity (Wildman–Crippen MR) is 115 cm³/mol. The first-order valence-electron chi connectivity index (χ1n) is 7.82. The molecule has 0 saturated carbocycles. The van der Waals surface area contributed by atoms with Gasteiger partial charge in [-0.25, -0.2) is 0 Å². The number of halogens is 2. The second-order valence-electron chi connectivity index (χ2n) is 5.35. The number of hydrogen-bond acceptors (Lipinski definition) is 6. The molecule has 0 atom stereocenters. The molecule has 0 bridgehead atoms. The number of amides is 1. The summed E-state index contributed by atoms with van der Waals surface area (Å²) in [6, 6.07) is 12.1. The molecule has 0 saturated heterocycles. The highest BCUT2D eigenvalue weighted by Gasteiger charge is 2.07. The average Bonchev–Trinajstić information content (AvgIpc) is 3.22. The fourth-order valence-corrected chi connectivity index (χ4v) is 3.15. The van der Waals surface area contributed by atoms with Crippen molar-refractivity contribution in [3.8, 4) is 17.0 Å². The first-order valence-corrected chi connectivity index (χ1v) is 9.82. The number of ether oxygens (including phenoxy) is 1. The highest BCUT2D eigenvalue weighted by Crippen LogP contribution is 2.25. The number of carbonyl (C=O) groups excluding carboxylic acids is 1. The summed E-state index contributed by atoms with van der Waals surface area (Å²) in [7, 11) is 0. The van der Waals surface area contributed by atoms with Crippen LogP contribution in [0, 0.1) is 0 Å². The SMILES string of the molecule is O=C(COc1ccc(-c2csnn2)cc1)NNC(=S)Nc1ccc(Cl)cc1Cl. The number of anilines is 1. The minimum atomic E-state index is -0.404. The van der Waals surface area contributed by atoms with E-state index in [1.165, 1.54) is 11.5 Å². The molecule has 0 aliphatic carbocycles. The molecule has 7 nitrogen and oxygen atoms in total. The van der Waals surface area contributed by atoms with Crippen molar-refractivity contribution in [2.45, 2.75) is 0 Å². The molecule has 11 heteroatoms. The molecular formula is C17H13Cl2N5O2S2. The largest absolute Gasteiger partial charge is 0.484 e. The van der Waals surface area contributed by atoms with Crippen molar-refractivity contribution in [3.05, 3.63) is 57.9 Å². The Kier molecular flexibility index (Phi) is 6.99. The Morgan fingerprint density at radius 2 is 1.93 bits per heavy atom. The maximum Gasteiger partial charge on any atom is 0.276 e. The zero-order valence-corrected chi connectivity index (χ0v) is 17.3. The number of nitrogens with zero attached hydrogens (tertiary/aromatic N) is 2. The summed E-state index contributed by atoms with van der Waals surface area (Å²) in [6.07, 6.45) is 0. The minimum absolute atomic E-state index is 0.166. The summed E-state index contributed by atoms with van der Waals surface area (Å²) < 4.78 is 9.26. The van der Waals surface area contributed by atoms with E-state index in [4.69, 9.17) is 40.2 Å². The third kappa shape index (κ3) is 5.77. The van der Waals surface area contributed by atoms with Crippen LogP contribution < -0.4 is 20.9 Å². The van der Waals surface area contributed by atoms with Gasteiger partial charge in [-0.2, -0.15) is 0 Å². The van der Waals surface area contributed by atoms with Crippen LogP contribution in [0.25, 0.3) is 11.3 Å². The molecule has 1 heterocycles. The van der Waals surface area contributed by atoms with Gasteiger partial charge in [0.1, 0.15) is 11.4 Å². The second-order valence-corrected chi connectivity index (χ2v) is 7.22. The molecule has 0 unspecified atom stereocenters. The summed E-state index contributed by atoms with van der Waals surface area (Å²) in [5.74, 6) is 0.148. The van der Waals surface area contributed by atoms with Crippen LogP contribution in [0.15, 0.2) is 47.8 Å². The smallest absolute Gasteiger partial charge is 0.276 e. The van der Waals surface area contributed by atoms with Crippen LogP contribution in [-0.2, 0) is 4.79 Å². The van der Waals surface area contributed by atoms with E-state index in [1.54, 1.807) is 30.3 Å². The third-order valence-electron chi connectivity index (χ3n) is 3.37. The van der Waals surface area contributed by atoms with Crippen molar-refractivity contribution in [1.82, 2.24) is 20.4 Å². The summed E-state index contributed by atoms with van der Waals surface area (Å²) in [4.78, 5) is 11.9. The van der Waals surface area contributed by atoms with Crippen molar-refractivity contribution in [2.75, 3.05) is 11.9 Å². The van der Waals surface area contributed by atoms with Crippen LogP contribution in [0.3, 0.4) is 0 Å². The standard InChI is InChI=1S/C17H13Cl2N5O2S2/c18-11-3-6-14(13(19)7-11)20-17(27)23-22-16(25)8-26-12-4-1-10(2-5-12)15-9-28-24-21-15/h1-7,9H,8H2,(H,22,25)(H2,20,23,27). The molecule has 0 aliphatic heterocycles. The van der Waals surface area contributed by atoms with Crippen molar-refractivity contribution in [3.63, 3.8) is 0 Å².